The Morgan fingerprint density at radius 1 is 1.25 bits per heavy atom. The molecular formula is C15H23N. The smallest absolute Gasteiger partial charge is 0.0130 e. The van der Waals surface area contributed by atoms with E-state index in [1.165, 1.54) is 19.3 Å². The Labute approximate surface area is 99.3 Å². The lowest BCUT2D eigenvalue weighted by molar-refractivity contribution is 0.388. The van der Waals surface area contributed by atoms with Crippen molar-refractivity contribution in [1.29, 1.82) is 0 Å². The number of hydrogen-bond donors (Lipinski definition) is 1. The Morgan fingerprint density at radius 3 is 2.56 bits per heavy atom. The summed E-state index contributed by atoms with van der Waals surface area (Å²) in [5.74, 6) is 1.45. The lowest BCUT2D eigenvalue weighted by Gasteiger charge is -2.34. The molecule has 0 heterocycles. The zero-order valence-corrected chi connectivity index (χ0v) is 10.7. The van der Waals surface area contributed by atoms with Crippen LogP contribution in [-0.4, -0.2) is 13.1 Å². The zero-order valence-electron chi connectivity index (χ0n) is 10.7. The van der Waals surface area contributed by atoms with Gasteiger partial charge in [0.05, 0.1) is 0 Å². The zero-order chi connectivity index (χ0) is 11.5. The molecule has 1 nitrogen and oxygen atoms in total. The molecule has 88 valence electrons. The van der Waals surface area contributed by atoms with Crippen molar-refractivity contribution < 1.29 is 0 Å². The summed E-state index contributed by atoms with van der Waals surface area (Å²) in [6.45, 7) is 4.64. The summed E-state index contributed by atoms with van der Waals surface area (Å²) in [6.07, 6.45) is 3.88. The topological polar surface area (TPSA) is 12.0 Å². The molecule has 0 amide bonds. The summed E-state index contributed by atoms with van der Waals surface area (Å²) in [5.41, 5.74) is 3.16. The van der Waals surface area contributed by atoms with E-state index >= 15 is 0 Å². The number of fused-ring (bicyclic) bond motifs is 1. The van der Waals surface area contributed by atoms with Crippen molar-refractivity contribution in [2.75, 3.05) is 7.05 Å². The summed E-state index contributed by atoms with van der Waals surface area (Å²) in [5, 5.41) is 3.48. The predicted octanol–water partition coefficient (Wildman–Crippen LogP) is 3.67. The molecule has 3 atom stereocenters. The molecule has 1 aromatic rings. The summed E-state index contributed by atoms with van der Waals surface area (Å²) in [4.78, 5) is 0. The van der Waals surface area contributed by atoms with Crippen LogP contribution < -0.4 is 5.32 Å². The molecule has 2 rings (SSSR count). The van der Waals surface area contributed by atoms with Gasteiger partial charge in [-0.25, -0.2) is 0 Å². The fraction of sp³-hybridized carbons (Fsp3) is 0.600. The second kappa shape index (κ2) is 5.01. The fourth-order valence-electron chi connectivity index (χ4n) is 3.15. The minimum atomic E-state index is 0.633. The number of hydrogen-bond acceptors (Lipinski definition) is 1. The van der Waals surface area contributed by atoms with Crippen LogP contribution in [0.2, 0.25) is 0 Å². The minimum absolute atomic E-state index is 0.633. The third kappa shape index (κ3) is 2.01. The number of benzene rings is 1. The first-order valence-electron chi connectivity index (χ1n) is 6.54. The van der Waals surface area contributed by atoms with E-state index in [2.05, 4.69) is 50.5 Å². The highest BCUT2D eigenvalue weighted by Crippen LogP contribution is 2.40. The highest BCUT2D eigenvalue weighted by molar-refractivity contribution is 5.36. The molecule has 0 radical (unpaired) electrons. The van der Waals surface area contributed by atoms with E-state index in [0.29, 0.717) is 12.0 Å². The second-order valence-electron chi connectivity index (χ2n) is 5.02. The largest absolute Gasteiger partial charge is 0.316 e. The number of rotatable bonds is 3. The number of likely N-dealkylation sites (N-methyl/N-ethyl adjacent to an activating group) is 1. The van der Waals surface area contributed by atoms with E-state index in [4.69, 9.17) is 0 Å². The average Bonchev–Trinajstić information content (AvgIpc) is 2.34. The maximum atomic E-state index is 3.48. The van der Waals surface area contributed by atoms with E-state index in [1.54, 1.807) is 11.1 Å². The maximum absolute atomic E-state index is 3.48. The van der Waals surface area contributed by atoms with Crippen molar-refractivity contribution in [3.8, 4) is 0 Å². The van der Waals surface area contributed by atoms with E-state index in [0.717, 1.165) is 5.92 Å². The first-order valence-corrected chi connectivity index (χ1v) is 6.54. The van der Waals surface area contributed by atoms with Crippen LogP contribution in [0.15, 0.2) is 24.3 Å². The van der Waals surface area contributed by atoms with Crippen LogP contribution >= 0.6 is 0 Å². The molecule has 1 aliphatic carbocycles. The first kappa shape index (κ1) is 11.7. The summed E-state index contributed by atoms with van der Waals surface area (Å²) >= 11 is 0. The Morgan fingerprint density at radius 2 is 1.94 bits per heavy atom. The molecule has 0 bridgehead atoms. The SMILES string of the molecule is CCC(NC)C1CCC(C)c2ccccc21. The molecule has 1 heteroatoms. The minimum Gasteiger partial charge on any atom is -0.316 e. The maximum Gasteiger partial charge on any atom is 0.0130 e. The van der Waals surface area contributed by atoms with Gasteiger partial charge in [0.25, 0.3) is 0 Å². The Kier molecular flexibility index (Phi) is 3.65. The van der Waals surface area contributed by atoms with Crippen molar-refractivity contribution in [2.24, 2.45) is 0 Å². The molecule has 0 spiro atoms. The molecule has 3 unspecified atom stereocenters. The molecule has 0 saturated carbocycles. The van der Waals surface area contributed by atoms with Crippen LogP contribution in [0.4, 0.5) is 0 Å². The molecule has 0 aliphatic heterocycles. The lowest BCUT2D eigenvalue weighted by Crippen LogP contribution is -2.33. The Balaban J connectivity index is 2.34. The van der Waals surface area contributed by atoms with E-state index in [1.807, 2.05) is 0 Å². The molecular weight excluding hydrogens is 194 g/mol. The fourth-order valence-corrected chi connectivity index (χ4v) is 3.15. The van der Waals surface area contributed by atoms with Gasteiger partial charge in [-0.3, -0.25) is 0 Å². The lowest BCUT2D eigenvalue weighted by atomic mass is 9.74. The Hall–Kier alpha value is -0.820. The average molecular weight is 217 g/mol. The molecule has 1 N–H and O–H groups in total. The van der Waals surface area contributed by atoms with Crippen LogP contribution in [0.25, 0.3) is 0 Å². The standard InChI is InChI=1S/C15H23N/c1-4-15(16-3)14-10-9-11(2)12-7-5-6-8-13(12)14/h5-8,11,14-16H,4,9-10H2,1-3H3. The molecule has 1 aromatic carbocycles. The molecule has 0 saturated heterocycles. The summed E-state index contributed by atoms with van der Waals surface area (Å²) < 4.78 is 0. The van der Waals surface area contributed by atoms with Gasteiger partial charge in [-0.05, 0) is 49.3 Å². The molecule has 1 aliphatic rings. The third-order valence-corrected chi connectivity index (χ3v) is 4.13. The van der Waals surface area contributed by atoms with Crippen LogP contribution in [-0.2, 0) is 0 Å². The van der Waals surface area contributed by atoms with Gasteiger partial charge >= 0.3 is 0 Å². The normalized spacial score (nSPS) is 26.2. The molecule has 0 fully saturated rings. The highest BCUT2D eigenvalue weighted by Gasteiger charge is 2.28. The monoisotopic (exact) mass is 217 g/mol. The van der Waals surface area contributed by atoms with Gasteiger partial charge in [0, 0.05) is 6.04 Å². The van der Waals surface area contributed by atoms with Gasteiger partial charge < -0.3 is 5.32 Å². The summed E-state index contributed by atoms with van der Waals surface area (Å²) in [6, 6.07) is 9.64. The van der Waals surface area contributed by atoms with E-state index < -0.39 is 0 Å². The van der Waals surface area contributed by atoms with Gasteiger partial charge in [0.2, 0.25) is 0 Å². The number of nitrogens with one attached hydrogen (secondary N) is 1. The van der Waals surface area contributed by atoms with Gasteiger partial charge in [0.15, 0.2) is 0 Å². The van der Waals surface area contributed by atoms with Gasteiger partial charge in [-0.2, -0.15) is 0 Å². The van der Waals surface area contributed by atoms with Gasteiger partial charge in [-0.1, -0.05) is 38.1 Å². The quantitative estimate of drug-likeness (QED) is 0.814. The molecule has 16 heavy (non-hydrogen) atoms. The van der Waals surface area contributed by atoms with Crippen molar-refractivity contribution >= 4 is 0 Å². The van der Waals surface area contributed by atoms with Crippen LogP contribution in [0.1, 0.15) is 56.1 Å². The van der Waals surface area contributed by atoms with E-state index in [9.17, 15) is 0 Å². The highest BCUT2D eigenvalue weighted by atomic mass is 14.9. The van der Waals surface area contributed by atoms with Crippen molar-refractivity contribution in [3.05, 3.63) is 35.4 Å². The first-order chi connectivity index (χ1) is 7.77. The van der Waals surface area contributed by atoms with Crippen LogP contribution in [0.5, 0.6) is 0 Å². The van der Waals surface area contributed by atoms with Crippen molar-refractivity contribution in [1.82, 2.24) is 5.32 Å². The van der Waals surface area contributed by atoms with Crippen LogP contribution in [0, 0.1) is 0 Å². The molecule has 0 aromatic heterocycles. The predicted molar refractivity (Wildman–Crippen MR) is 70.0 cm³/mol. The van der Waals surface area contributed by atoms with Crippen molar-refractivity contribution in [2.45, 2.75) is 51.0 Å². The van der Waals surface area contributed by atoms with Crippen LogP contribution in [0.3, 0.4) is 0 Å². The van der Waals surface area contributed by atoms with Gasteiger partial charge in [-0.15, -0.1) is 0 Å². The summed E-state index contributed by atoms with van der Waals surface area (Å²) in [7, 11) is 2.09. The van der Waals surface area contributed by atoms with E-state index in [-0.39, 0.29) is 0 Å². The second-order valence-corrected chi connectivity index (χ2v) is 5.02. The Bertz CT molecular complexity index is 341. The van der Waals surface area contributed by atoms with Gasteiger partial charge in [0.1, 0.15) is 0 Å². The third-order valence-electron chi connectivity index (χ3n) is 4.13. The van der Waals surface area contributed by atoms with Crippen molar-refractivity contribution in [3.63, 3.8) is 0 Å².